The molecular formula is C22H19F3N4O5. The van der Waals surface area contributed by atoms with E-state index < -0.39 is 35.8 Å². The number of benzene rings is 1. The lowest BCUT2D eigenvalue weighted by molar-refractivity contribution is -0.141. The van der Waals surface area contributed by atoms with Crippen LogP contribution in [0.15, 0.2) is 59.0 Å². The molecule has 1 atom stereocenters. The Hall–Kier alpha value is -4.19. The number of carbonyl (C=O) groups excluding carboxylic acids is 3. The molecule has 4 N–H and O–H groups in total. The van der Waals surface area contributed by atoms with Gasteiger partial charge in [-0.25, -0.2) is 4.98 Å². The predicted octanol–water partition coefficient (Wildman–Crippen LogP) is 2.08. The average Bonchev–Trinajstić information content (AvgIpc) is 3.32. The number of pyridine rings is 1. The molecule has 0 saturated carbocycles. The summed E-state index contributed by atoms with van der Waals surface area (Å²) in [6.45, 7) is -0.00300. The number of aliphatic hydroxyl groups is 1. The van der Waals surface area contributed by atoms with Crippen molar-refractivity contribution in [2.24, 2.45) is 0 Å². The molecule has 0 spiro atoms. The van der Waals surface area contributed by atoms with Gasteiger partial charge >= 0.3 is 6.18 Å². The van der Waals surface area contributed by atoms with Crippen LogP contribution in [0, 0.1) is 0 Å². The maximum atomic E-state index is 12.8. The largest absolute Gasteiger partial charge is 0.451 e. The summed E-state index contributed by atoms with van der Waals surface area (Å²) in [5.74, 6) is -2.22. The number of aliphatic hydroxyl groups excluding tert-OH is 1. The molecule has 12 heteroatoms. The highest BCUT2D eigenvalue weighted by Crippen LogP contribution is 2.27. The number of aromatic nitrogens is 1. The van der Waals surface area contributed by atoms with Crippen molar-refractivity contribution in [2.75, 3.05) is 7.05 Å². The first kappa shape index (κ1) is 24.5. The van der Waals surface area contributed by atoms with Gasteiger partial charge in [0.1, 0.15) is 17.1 Å². The lowest BCUT2D eigenvalue weighted by atomic mass is 10.1. The van der Waals surface area contributed by atoms with E-state index >= 15 is 0 Å². The quantitative estimate of drug-likeness (QED) is 0.386. The van der Waals surface area contributed by atoms with Crippen molar-refractivity contribution < 1.29 is 37.1 Å². The zero-order valence-corrected chi connectivity index (χ0v) is 17.6. The molecular weight excluding hydrogens is 457 g/mol. The van der Waals surface area contributed by atoms with Crippen molar-refractivity contribution in [3.63, 3.8) is 0 Å². The number of rotatable bonds is 7. The number of nitrogens with one attached hydrogen (secondary N) is 3. The minimum Gasteiger partial charge on any atom is -0.451 e. The van der Waals surface area contributed by atoms with Gasteiger partial charge in [-0.05, 0) is 35.9 Å². The summed E-state index contributed by atoms with van der Waals surface area (Å²) in [6, 6.07) is 12.6. The van der Waals surface area contributed by atoms with Crippen LogP contribution in [0.1, 0.15) is 32.3 Å². The van der Waals surface area contributed by atoms with E-state index in [0.29, 0.717) is 16.9 Å². The van der Waals surface area contributed by atoms with Gasteiger partial charge in [-0.2, -0.15) is 13.2 Å². The van der Waals surface area contributed by atoms with Crippen LogP contribution in [0.4, 0.5) is 13.2 Å². The fraction of sp³-hybridized carbons (Fsp3) is 0.182. The maximum absolute atomic E-state index is 12.8. The van der Waals surface area contributed by atoms with Gasteiger partial charge in [0.05, 0.1) is 0 Å². The van der Waals surface area contributed by atoms with Gasteiger partial charge in [0, 0.05) is 19.2 Å². The number of likely N-dealkylation sites (N-methyl/N-ethyl adjacent to an activating group) is 1. The van der Waals surface area contributed by atoms with Gasteiger partial charge < -0.3 is 25.5 Å². The third-order valence-electron chi connectivity index (χ3n) is 4.53. The van der Waals surface area contributed by atoms with Gasteiger partial charge in [-0.15, -0.1) is 0 Å². The Kier molecular flexibility index (Phi) is 7.31. The van der Waals surface area contributed by atoms with E-state index in [1.807, 2.05) is 0 Å². The Labute approximate surface area is 191 Å². The highest BCUT2D eigenvalue weighted by atomic mass is 19.4. The monoisotopic (exact) mass is 476 g/mol. The Bertz CT molecular complexity index is 1210. The summed E-state index contributed by atoms with van der Waals surface area (Å²) in [5, 5.41) is 16.3. The number of hydrogen-bond donors (Lipinski definition) is 4. The Morgan fingerprint density at radius 2 is 1.79 bits per heavy atom. The molecule has 2 aromatic heterocycles. The van der Waals surface area contributed by atoms with Crippen LogP contribution in [0.25, 0.3) is 11.3 Å². The summed E-state index contributed by atoms with van der Waals surface area (Å²) in [4.78, 5) is 39.0. The normalized spacial score (nSPS) is 12.0. The smallest absolute Gasteiger partial charge is 0.433 e. The van der Waals surface area contributed by atoms with Gasteiger partial charge in [0.25, 0.3) is 17.7 Å². The lowest BCUT2D eigenvalue weighted by Crippen LogP contribution is -2.45. The molecule has 9 nitrogen and oxygen atoms in total. The molecule has 2 heterocycles. The number of alkyl halides is 3. The Morgan fingerprint density at radius 3 is 2.50 bits per heavy atom. The minimum absolute atomic E-state index is 0.00300. The topological polar surface area (TPSA) is 134 Å². The molecule has 3 aromatic rings. The van der Waals surface area contributed by atoms with Gasteiger partial charge in [0.2, 0.25) is 6.23 Å². The summed E-state index contributed by atoms with van der Waals surface area (Å²) < 4.78 is 43.9. The standard InChI is InChI=1S/C22H19F3N4O5/c1-26-20(32)21(33)29-19(31)16-9-8-15(34-16)13-5-2-4-12(10-13)11-27-18(30)14-6-3-7-17(28-14)22(23,24)25/h2-10,21,33H,11H2,1H3,(H,26,32)(H,27,30)(H,29,31)/t21-/m0/s1. The molecule has 0 bridgehead atoms. The number of carbonyl (C=O) groups is 3. The number of halogens is 3. The van der Waals surface area contributed by atoms with E-state index in [4.69, 9.17) is 4.42 Å². The molecule has 0 aliphatic heterocycles. The summed E-state index contributed by atoms with van der Waals surface area (Å²) in [6.07, 6.45) is -6.41. The molecule has 34 heavy (non-hydrogen) atoms. The van der Waals surface area contributed by atoms with Crippen LogP contribution in [0.3, 0.4) is 0 Å². The van der Waals surface area contributed by atoms with Crippen molar-refractivity contribution >= 4 is 17.7 Å². The second-order valence-electron chi connectivity index (χ2n) is 6.94. The van der Waals surface area contributed by atoms with Crippen LogP contribution in [0.5, 0.6) is 0 Å². The number of amides is 3. The van der Waals surface area contributed by atoms with Crippen molar-refractivity contribution in [2.45, 2.75) is 18.9 Å². The van der Waals surface area contributed by atoms with Crippen molar-refractivity contribution in [1.82, 2.24) is 20.9 Å². The zero-order valence-electron chi connectivity index (χ0n) is 17.6. The fourth-order valence-corrected chi connectivity index (χ4v) is 2.84. The molecule has 0 aliphatic rings. The highest BCUT2D eigenvalue weighted by molar-refractivity contribution is 5.95. The van der Waals surface area contributed by atoms with E-state index in [1.165, 1.54) is 25.2 Å². The molecule has 0 unspecified atom stereocenters. The fourth-order valence-electron chi connectivity index (χ4n) is 2.84. The van der Waals surface area contributed by atoms with E-state index in [0.717, 1.165) is 12.1 Å². The SMILES string of the molecule is CNC(=O)[C@H](O)NC(=O)c1ccc(-c2cccc(CNC(=O)c3cccc(C(F)(F)F)n3)c2)o1. The van der Waals surface area contributed by atoms with Crippen LogP contribution >= 0.6 is 0 Å². The molecule has 0 saturated heterocycles. The third kappa shape index (κ3) is 5.98. The van der Waals surface area contributed by atoms with Crippen LogP contribution in [-0.2, 0) is 17.5 Å². The predicted molar refractivity (Wildman–Crippen MR) is 112 cm³/mol. The zero-order chi connectivity index (χ0) is 24.9. The van der Waals surface area contributed by atoms with E-state index in [9.17, 15) is 32.7 Å². The van der Waals surface area contributed by atoms with Crippen molar-refractivity contribution in [3.8, 4) is 11.3 Å². The summed E-state index contributed by atoms with van der Waals surface area (Å²) >= 11 is 0. The molecule has 0 fully saturated rings. The second kappa shape index (κ2) is 10.2. The van der Waals surface area contributed by atoms with E-state index in [1.54, 1.807) is 24.3 Å². The number of hydrogen-bond acceptors (Lipinski definition) is 6. The second-order valence-corrected chi connectivity index (χ2v) is 6.94. The van der Waals surface area contributed by atoms with E-state index in [2.05, 4.69) is 20.9 Å². The van der Waals surface area contributed by atoms with Crippen molar-refractivity contribution in [1.29, 1.82) is 0 Å². The first-order valence-electron chi connectivity index (χ1n) is 9.80. The van der Waals surface area contributed by atoms with Gasteiger partial charge in [-0.1, -0.05) is 24.3 Å². The minimum atomic E-state index is -4.66. The third-order valence-corrected chi connectivity index (χ3v) is 4.53. The van der Waals surface area contributed by atoms with Crippen LogP contribution in [0.2, 0.25) is 0 Å². The first-order valence-corrected chi connectivity index (χ1v) is 9.80. The molecule has 0 aliphatic carbocycles. The highest BCUT2D eigenvalue weighted by Gasteiger charge is 2.32. The van der Waals surface area contributed by atoms with Gasteiger partial charge in [-0.3, -0.25) is 14.4 Å². The Balaban J connectivity index is 1.66. The number of furan rings is 1. The molecule has 3 rings (SSSR count). The van der Waals surface area contributed by atoms with Crippen molar-refractivity contribution in [3.05, 3.63) is 77.3 Å². The summed E-state index contributed by atoms with van der Waals surface area (Å²) in [7, 11) is 1.30. The lowest BCUT2D eigenvalue weighted by Gasteiger charge is -2.10. The molecule has 178 valence electrons. The van der Waals surface area contributed by atoms with Crippen LogP contribution in [-0.4, -0.2) is 41.1 Å². The van der Waals surface area contributed by atoms with E-state index in [-0.39, 0.29) is 18.0 Å². The first-order chi connectivity index (χ1) is 16.1. The van der Waals surface area contributed by atoms with Crippen LogP contribution < -0.4 is 16.0 Å². The average molecular weight is 476 g/mol. The van der Waals surface area contributed by atoms with Gasteiger partial charge in [0.15, 0.2) is 5.76 Å². The molecule has 0 radical (unpaired) electrons. The summed E-state index contributed by atoms with van der Waals surface area (Å²) in [5.41, 5.74) is -0.376. The maximum Gasteiger partial charge on any atom is 0.433 e. The number of nitrogens with zero attached hydrogens (tertiary/aromatic N) is 1. The Morgan fingerprint density at radius 1 is 1.06 bits per heavy atom. The molecule has 3 amide bonds. The molecule has 1 aromatic carbocycles.